The molecule has 1 aliphatic rings. The minimum Gasteiger partial charge on any atom is -0.467 e. The maximum atomic E-state index is 11.7. The molecule has 1 N–H and O–H groups in total. The maximum absolute atomic E-state index is 11.7. The first-order valence-corrected chi connectivity index (χ1v) is 6.02. The number of aromatic nitrogens is 2. The largest absolute Gasteiger partial charge is 0.467 e. The van der Waals surface area contributed by atoms with E-state index in [1.807, 2.05) is 13.2 Å². The average molecular weight is 237 g/mol. The Morgan fingerprint density at radius 1 is 1.71 bits per heavy atom. The predicted octanol–water partition coefficient (Wildman–Crippen LogP) is 1.35. The zero-order valence-electron chi connectivity index (χ0n) is 10.6. The van der Waals surface area contributed by atoms with E-state index in [1.165, 1.54) is 7.11 Å². The van der Waals surface area contributed by atoms with E-state index < -0.39 is 0 Å². The van der Waals surface area contributed by atoms with Crippen LogP contribution >= 0.6 is 0 Å². The molecule has 0 aliphatic heterocycles. The topological polar surface area (TPSA) is 56.2 Å². The molecule has 2 rings (SSSR count). The van der Waals surface area contributed by atoms with E-state index >= 15 is 0 Å². The van der Waals surface area contributed by atoms with Crippen LogP contribution < -0.4 is 5.32 Å². The van der Waals surface area contributed by atoms with Crippen molar-refractivity contribution in [2.45, 2.75) is 32.2 Å². The summed E-state index contributed by atoms with van der Waals surface area (Å²) < 4.78 is 6.60. The number of anilines is 1. The average Bonchev–Trinajstić information content (AvgIpc) is 3.09. The van der Waals surface area contributed by atoms with Crippen molar-refractivity contribution in [3.8, 4) is 0 Å². The van der Waals surface area contributed by atoms with Crippen molar-refractivity contribution in [1.82, 2.24) is 9.78 Å². The van der Waals surface area contributed by atoms with Crippen LogP contribution in [0.25, 0.3) is 0 Å². The Labute approximate surface area is 101 Å². The number of nitrogens with zero attached hydrogens (tertiary/aromatic N) is 2. The van der Waals surface area contributed by atoms with Gasteiger partial charge in [0.1, 0.15) is 6.04 Å². The third kappa shape index (κ3) is 2.60. The molecule has 1 saturated carbocycles. The summed E-state index contributed by atoms with van der Waals surface area (Å²) in [6.07, 6.45) is 4.95. The quantitative estimate of drug-likeness (QED) is 0.785. The Morgan fingerprint density at radius 3 is 2.94 bits per heavy atom. The molecule has 0 amide bonds. The fourth-order valence-electron chi connectivity index (χ4n) is 2.01. The van der Waals surface area contributed by atoms with E-state index in [-0.39, 0.29) is 12.0 Å². The number of aryl methyl sites for hydroxylation is 2. The Bertz CT molecular complexity index is 410. The molecule has 0 bridgehead atoms. The number of ether oxygens (including phenoxy) is 1. The SMILES string of the molecule is CCc1nn(C)cc1NC(C(=O)OC)C1CC1. The highest BCUT2D eigenvalue weighted by atomic mass is 16.5. The first kappa shape index (κ1) is 12.0. The summed E-state index contributed by atoms with van der Waals surface area (Å²) in [5.74, 6) is 0.228. The highest BCUT2D eigenvalue weighted by Crippen LogP contribution is 2.35. The molecule has 5 nitrogen and oxygen atoms in total. The lowest BCUT2D eigenvalue weighted by Gasteiger charge is -2.16. The first-order chi connectivity index (χ1) is 8.15. The fraction of sp³-hybridized carbons (Fsp3) is 0.667. The van der Waals surface area contributed by atoms with E-state index in [1.54, 1.807) is 4.68 Å². The molecule has 1 aromatic rings. The number of carbonyl (C=O) groups excluding carboxylic acids is 1. The minimum absolute atomic E-state index is 0.182. The van der Waals surface area contributed by atoms with Crippen molar-refractivity contribution in [1.29, 1.82) is 0 Å². The molecular weight excluding hydrogens is 218 g/mol. The summed E-state index contributed by atoms with van der Waals surface area (Å²) in [5, 5.41) is 7.62. The van der Waals surface area contributed by atoms with Crippen molar-refractivity contribution in [2.75, 3.05) is 12.4 Å². The van der Waals surface area contributed by atoms with Crippen molar-refractivity contribution in [2.24, 2.45) is 13.0 Å². The molecule has 0 saturated heterocycles. The van der Waals surface area contributed by atoms with Crippen LogP contribution in [0.5, 0.6) is 0 Å². The molecule has 1 aliphatic carbocycles. The summed E-state index contributed by atoms with van der Waals surface area (Å²) in [5.41, 5.74) is 1.93. The van der Waals surface area contributed by atoms with E-state index in [4.69, 9.17) is 4.74 Å². The van der Waals surface area contributed by atoms with Crippen LogP contribution in [0.1, 0.15) is 25.5 Å². The van der Waals surface area contributed by atoms with Crippen molar-refractivity contribution >= 4 is 11.7 Å². The molecule has 94 valence electrons. The third-order valence-electron chi connectivity index (χ3n) is 3.10. The molecule has 1 heterocycles. The van der Waals surface area contributed by atoms with Gasteiger partial charge in [-0.25, -0.2) is 4.79 Å². The molecule has 0 aromatic carbocycles. The van der Waals surface area contributed by atoms with Gasteiger partial charge in [0.15, 0.2) is 0 Å². The molecule has 0 radical (unpaired) electrons. The number of nitrogens with one attached hydrogen (secondary N) is 1. The number of hydrogen-bond donors (Lipinski definition) is 1. The van der Waals surface area contributed by atoms with Gasteiger partial charge in [-0.3, -0.25) is 4.68 Å². The minimum atomic E-state index is -0.227. The molecular formula is C12H19N3O2. The van der Waals surface area contributed by atoms with Gasteiger partial charge in [0, 0.05) is 13.2 Å². The number of rotatable bonds is 5. The summed E-state index contributed by atoms with van der Waals surface area (Å²) in [6, 6.07) is -0.227. The van der Waals surface area contributed by atoms with Gasteiger partial charge in [-0.15, -0.1) is 0 Å². The zero-order valence-corrected chi connectivity index (χ0v) is 10.6. The summed E-state index contributed by atoms with van der Waals surface area (Å²) in [6.45, 7) is 2.05. The van der Waals surface area contributed by atoms with E-state index in [0.29, 0.717) is 5.92 Å². The Kier molecular flexibility index (Phi) is 3.36. The van der Waals surface area contributed by atoms with Gasteiger partial charge in [-0.2, -0.15) is 5.10 Å². The zero-order chi connectivity index (χ0) is 12.4. The van der Waals surface area contributed by atoms with Gasteiger partial charge in [-0.05, 0) is 25.2 Å². The smallest absolute Gasteiger partial charge is 0.328 e. The lowest BCUT2D eigenvalue weighted by molar-refractivity contribution is -0.142. The highest BCUT2D eigenvalue weighted by Gasteiger charge is 2.37. The number of esters is 1. The Hall–Kier alpha value is -1.52. The highest BCUT2D eigenvalue weighted by molar-refractivity contribution is 5.80. The molecule has 5 heteroatoms. The van der Waals surface area contributed by atoms with Crippen LogP contribution in [0.2, 0.25) is 0 Å². The summed E-state index contributed by atoms with van der Waals surface area (Å²) >= 11 is 0. The van der Waals surface area contributed by atoms with E-state index in [2.05, 4.69) is 17.3 Å². The Balaban J connectivity index is 2.13. The van der Waals surface area contributed by atoms with Crippen molar-refractivity contribution in [3.63, 3.8) is 0 Å². The lowest BCUT2D eigenvalue weighted by atomic mass is 10.1. The van der Waals surface area contributed by atoms with Crippen LogP contribution in [0.3, 0.4) is 0 Å². The van der Waals surface area contributed by atoms with Crippen LogP contribution in [0, 0.1) is 5.92 Å². The summed E-state index contributed by atoms with van der Waals surface area (Å²) in [7, 11) is 3.32. The van der Waals surface area contributed by atoms with Gasteiger partial charge < -0.3 is 10.1 Å². The van der Waals surface area contributed by atoms with Gasteiger partial charge in [0.2, 0.25) is 0 Å². The first-order valence-electron chi connectivity index (χ1n) is 6.02. The number of hydrogen-bond acceptors (Lipinski definition) is 4. The molecule has 17 heavy (non-hydrogen) atoms. The maximum Gasteiger partial charge on any atom is 0.328 e. The fourth-order valence-corrected chi connectivity index (χ4v) is 2.01. The van der Waals surface area contributed by atoms with E-state index in [0.717, 1.165) is 30.6 Å². The number of carbonyl (C=O) groups is 1. The van der Waals surface area contributed by atoms with Gasteiger partial charge in [0.05, 0.1) is 18.5 Å². The lowest BCUT2D eigenvalue weighted by Crippen LogP contribution is -2.32. The van der Waals surface area contributed by atoms with Crippen LogP contribution in [-0.4, -0.2) is 28.9 Å². The molecule has 1 unspecified atom stereocenters. The molecule has 1 fully saturated rings. The van der Waals surface area contributed by atoms with Crippen LogP contribution in [-0.2, 0) is 23.0 Å². The Morgan fingerprint density at radius 2 is 2.41 bits per heavy atom. The molecule has 0 spiro atoms. The molecule has 1 aromatic heterocycles. The second-order valence-corrected chi connectivity index (χ2v) is 4.50. The monoisotopic (exact) mass is 237 g/mol. The van der Waals surface area contributed by atoms with Gasteiger partial charge in [0.25, 0.3) is 0 Å². The normalized spacial score (nSPS) is 16.6. The summed E-state index contributed by atoms with van der Waals surface area (Å²) in [4.78, 5) is 11.7. The standard InChI is InChI=1S/C12H19N3O2/c1-4-9-10(7-15(2)14-9)13-11(8-5-6-8)12(16)17-3/h7-8,11,13H,4-6H2,1-3H3. The third-order valence-corrected chi connectivity index (χ3v) is 3.10. The second kappa shape index (κ2) is 4.77. The van der Waals surface area contributed by atoms with Gasteiger partial charge >= 0.3 is 5.97 Å². The van der Waals surface area contributed by atoms with Crippen LogP contribution in [0.15, 0.2) is 6.20 Å². The van der Waals surface area contributed by atoms with Crippen molar-refractivity contribution in [3.05, 3.63) is 11.9 Å². The van der Waals surface area contributed by atoms with Crippen molar-refractivity contribution < 1.29 is 9.53 Å². The van der Waals surface area contributed by atoms with E-state index in [9.17, 15) is 4.79 Å². The number of methoxy groups -OCH3 is 1. The molecule has 1 atom stereocenters. The van der Waals surface area contributed by atoms with Crippen LogP contribution in [0.4, 0.5) is 5.69 Å². The van der Waals surface area contributed by atoms with Gasteiger partial charge in [-0.1, -0.05) is 6.92 Å². The second-order valence-electron chi connectivity index (χ2n) is 4.50. The predicted molar refractivity (Wildman–Crippen MR) is 64.7 cm³/mol.